The quantitative estimate of drug-likeness (QED) is 0.694. The SMILES string of the molecule is NCCOc1ccc(-c2ccccc2OCc2ccccc2)cc1F. The highest BCUT2D eigenvalue weighted by Gasteiger charge is 2.10. The zero-order chi connectivity index (χ0) is 17.5. The number of rotatable bonds is 7. The topological polar surface area (TPSA) is 44.5 Å². The molecule has 3 nitrogen and oxygen atoms in total. The third kappa shape index (κ3) is 4.37. The van der Waals surface area contributed by atoms with Crippen molar-refractivity contribution in [1.29, 1.82) is 0 Å². The van der Waals surface area contributed by atoms with E-state index in [-0.39, 0.29) is 12.4 Å². The Hall–Kier alpha value is -2.85. The Kier molecular flexibility index (Phi) is 5.65. The minimum atomic E-state index is -0.413. The lowest BCUT2D eigenvalue weighted by Gasteiger charge is -2.13. The van der Waals surface area contributed by atoms with Gasteiger partial charge in [0.2, 0.25) is 0 Å². The van der Waals surface area contributed by atoms with Crippen molar-refractivity contribution in [2.45, 2.75) is 6.61 Å². The van der Waals surface area contributed by atoms with Crippen molar-refractivity contribution in [3.8, 4) is 22.6 Å². The maximum Gasteiger partial charge on any atom is 0.165 e. The molecule has 3 rings (SSSR count). The lowest BCUT2D eigenvalue weighted by Crippen LogP contribution is -2.11. The summed E-state index contributed by atoms with van der Waals surface area (Å²) in [6.45, 7) is 1.09. The Labute approximate surface area is 146 Å². The molecule has 0 aliphatic carbocycles. The highest BCUT2D eigenvalue weighted by Crippen LogP contribution is 2.32. The van der Waals surface area contributed by atoms with E-state index < -0.39 is 5.82 Å². The molecular weight excluding hydrogens is 317 g/mol. The Morgan fingerprint density at radius 3 is 2.32 bits per heavy atom. The second-order valence-corrected chi connectivity index (χ2v) is 5.55. The van der Waals surface area contributed by atoms with E-state index in [1.807, 2.05) is 60.7 Å². The Bertz CT molecular complexity index is 821. The molecule has 0 heterocycles. The van der Waals surface area contributed by atoms with Gasteiger partial charge in [0.1, 0.15) is 19.0 Å². The molecule has 0 aliphatic heterocycles. The number of benzene rings is 3. The number of hydrogen-bond acceptors (Lipinski definition) is 3. The molecule has 0 unspecified atom stereocenters. The van der Waals surface area contributed by atoms with Gasteiger partial charge in [-0.15, -0.1) is 0 Å². The van der Waals surface area contributed by atoms with E-state index in [2.05, 4.69) is 0 Å². The third-order valence-electron chi connectivity index (χ3n) is 3.74. The highest BCUT2D eigenvalue weighted by atomic mass is 19.1. The lowest BCUT2D eigenvalue weighted by molar-refractivity contribution is 0.307. The maximum atomic E-state index is 14.2. The predicted molar refractivity (Wildman–Crippen MR) is 97.2 cm³/mol. The zero-order valence-corrected chi connectivity index (χ0v) is 13.8. The first-order chi connectivity index (χ1) is 12.3. The first kappa shape index (κ1) is 17.0. The molecule has 2 N–H and O–H groups in total. The molecule has 0 saturated heterocycles. The van der Waals surface area contributed by atoms with Gasteiger partial charge in [-0.05, 0) is 29.3 Å². The molecule has 0 atom stereocenters. The summed E-state index contributed by atoms with van der Waals surface area (Å²) in [7, 11) is 0. The van der Waals surface area contributed by atoms with E-state index in [0.717, 1.165) is 16.7 Å². The fourth-order valence-corrected chi connectivity index (χ4v) is 2.52. The number of ether oxygens (including phenoxy) is 2. The van der Waals surface area contributed by atoms with E-state index in [9.17, 15) is 4.39 Å². The molecule has 0 saturated carbocycles. The van der Waals surface area contributed by atoms with E-state index in [4.69, 9.17) is 15.2 Å². The molecule has 0 aromatic heterocycles. The monoisotopic (exact) mass is 337 g/mol. The second kappa shape index (κ2) is 8.31. The van der Waals surface area contributed by atoms with Crippen molar-refractivity contribution in [1.82, 2.24) is 0 Å². The summed E-state index contributed by atoms with van der Waals surface area (Å²) in [5.41, 5.74) is 8.04. The Morgan fingerprint density at radius 2 is 1.56 bits per heavy atom. The van der Waals surface area contributed by atoms with Gasteiger partial charge in [-0.25, -0.2) is 4.39 Å². The van der Waals surface area contributed by atoms with Crippen LogP contribution < -0.4 is 15.2 Å². The number of hydrogen-bond donors (Lipinski definition) is 1. The van der Waals surface area contributed by atoms with Crippen LogP contribution in [-0.4, -0.2) is 13.2 Å². The van der Waals surface area contributed by atoms with Crippen LogP contribution in [0.5, 0.6) is 11.5 Å². The van der Waals surface area contributed by atoms with Crippen LogP contribution in [0, 0.1) is 5.82 Å². The largest absolute Gasteiger partial charge is 0.489 e. The molecule has 4 heteroatoms. The van der Waals surface area contributed by atoms with Gasteiger partial charge >= 0.3 is 0 Å². The van der Waals surface area contributed by atoms with E-state index in [0.29, 0.717) is 18.9 Å². The van der Waals surface area contributed by atoms with Gasteiger partial charge in [-0.3, -0.25) is 0 Å². The molecule has 128 valence electrons. The molecule has 0 fully saturated rings. The molecule has 0 amide bonds. The van der Waals surface area contributed by atoms with Gasteiger partial charge in [-0.1, -0.05) is 54.6 Å². The summed E-state index contributed by atoms with van der Waals surface area (Å²) in [6.07, 6.45) is 0. The summed E-state index contributed by atoms with van der Waals surface area (Å²) in [5, 5.41) is 0. The van der Waals surface area contributed by atoms with Gasteiger partial charge in [-0.2, -0.15) is 0 Å². The average Bonchev–Trinajstić information content (AvgIpc) is 2.66. The smallest absolute Gasteiger partial charge is 0.165 e. The molecule has 0 radical (unpaired) electrons. The second-order valence-electron chi connectivity index (χ2n) is 5.55. The summed E-state index contributed by atoms with van der Waals surface area (Å²) in [6, 6.07) is 22.4. The standard InChI is InChI=1S/C21H20FNO2/c22-19-14-17(10-11-21(19)24-13-12-23)18-8-4-5-9-20(18)25-15-16-6-2-1-3-7-16/h1-11,14H,12-13,15,23H2. The first-order valence-electron chi connectivity index (χ1n) is 8.16. The van der Waals surface area contributed by atoms with Crippen LogP contribution >= 0.6 is 0 Å². The Balaban J connectivity index is 1.81. The van der Waals surface area contributed by atoms with Gasteiger partial charge in [0.15, 0.2) is 11.6 Å². The molecule has 0 bridgehead atoms. The van der Waals surface area contributed by atoms with Crippen molar-refractivity contribution in [2.75, 3.05) is 13.2 Å². The van der Waals surface area contributed by atoms with Crippen LogP contribution in [0.25, 0.3) is 11.1 Å². The van der Waals surface area contributed by atoms with Crippen molar-refractivity contribution in [3.63, 3.8) is 0 Å². The van der Waals surface area contributed by atoms with Crippen LogP contribution in [0.2, 0.25) is 0 Å². The van der Waals surface area contributed by atoms with Gasteiger partial charge in [0.25, 0.3) is 0 Å². The maximum absolute atomic E-state index is 14.2. The summed E-state index contributed by atoms with van der Waals surface area (Å²) in [4.78, 5) is 0. The summed E-state index contributed by atoms with van der Waals surface area (Å²) < 4.78 is 25.5. The van der Waals surface area contributed by atoms with Crippen LogP contribution in [0.1, 0.15) is 5.56 Å². The normalized spacial score (nSPS) is 10.5. The molecular formula is C21H20FNO2. The number of para-hydroxylation sites is 1. The van der Waals surface area contributed by atoms with E-state index >= 15 is 0 Å². The van der Waals surface area contributed by atoms with E-state index in [1.54, 1.807) is 6.07 Å². The minimum absolute atomic E-state index is 0.205. The molecule has 25 heavy (non-hydrogen) atoms. The fraction of sp³-hybridized carbons (Fsp3) is 0.143. The zero-order valence-electron chi connectivity index (χ0n) is 13.8. The molecule has 3 aromatic carbocycles. The van der Waals surface area contributed by atoms with E-state index in [1.165, 1.54) is 6.07 Å². The lowest BCUT2D eigenvalue weighted by atomic mass is 10.0. The number of nitrogens with two attached hydrogens (primary N) is 1. The fourth-order valence-electron chi connectivity index (χ4n) is 2.52. The summed E-state index contributed by atoms with van der Waals surface area (Å²) >= 11 is 0. The van der Waals surface area contributed by atoms with Crippen LogP contribution in [0.3, 0.4) is 0 Å². The predicted octanol–water partition coefficient (Wildman–Crippen LogP) is 4.41. The van der Waals surface area contributed by atoms with Gasteiger partial charge in [0, 0.05) is 12.1 Å². The van der Waals surface area contributed by atoms with Crippen LogP contribution in [0.15, 0.2) is 72.8 Å². The van der Waals surface area contributed by atoms with Crippen molar-refractivity contribution in [2.24, 2.45) is 5.73 Å². The van der Waals surface area contributed by atoms with Crippen LogP contribution in [-0.2, 0) is 6.61 Å². The van der Waals surface area contributed by atoms with Gasteiger partial charge in [0.05, 0.1) is 0 Å². The highest BCUT2D eigenvalue weighted by molar-refractivity contribution is 5.71. The number of halogens is 1. The first-order valence-corrected chi connectivity index (χ1v) is 8.16. The minimum Gasteiger partial charge on any atom is -0.489 e. The summed E-state index contributed by atoms with van der Waals surface area (Å²) in [5.74, 6) is 0.502. The Morgan fingerprint density at radius 1 is 0.800 bits per heavy atom. The van der Waals surface area contributed by atoms with Gasteiger partial charge < -0.3 is 15.2 Å². The molecule has 3 aromatic rings. The van der Waals surface area contributed by atoms with Crippen LogP contribution in [0.4, 0.5) is 4.39 Å². The molecule has 0 spiro atoms. The molecule has 0 aliphatic rings. The van der Waals surface area contributed by atoms with Crippen molar-refractivity contribution >= 4 is 0 Å². The third-order valence-corrected chi connectivity index (χ3v) is 3.74. The van der Waals surface area contributed by atoms with Crippen molar-refractivity contribution < 1.29 is 13.9 Å². The van der Waals surface area contributed by atoms with Crippen molar-refractivity contribution in [3.05, 3.63) is 84.2 Å². The average molecular weight is 337 g/mol.